The van der Waals surface area contributed by atoms with Gasteiger partial charge >= 0.3 is 6.03 Å². The molecule has 3 N–H and O–H groups in total. The Labute approximate surface area is 192 Å². The molecule has 0 aliphatic carbocycles. The summed E-state index contributed by atoms with van der Waals surface area (Å²) in [5.74, 6) is -2.15. The topological polar surface area (TPSA) is 156 Å². The van der Waals surface area contributed by atoms with Crippen LogP contribution in [0.15, 0.2) is 10.6 Å². The fraction of sp³-hybridized carbons (Fsp3) is 0.500. The van der Waals surface area contributed by atoms with Gasteiger partial charge < -0.3 is 19.5 Å². The van der Waals surface area contributed by atoms with Crippen LogP contribution in [-0.2, 0) is 20.7 Å². The number of anilines is 1. The second kappa shape index (κ2) is 7.12. The normalized spacial score (nSPS) is 28.2. The number of imide groups is 2. The van der Waals surface area contributed by atoms with E-state index in [1.807, 2.05) is 6.92 Å². The monoisotopic (exact) mass is 476 g/mol. The molecule has 0 radical (unpaired) electrons. The van der Waals surface area contributed by atoms with E-state index in [4.69, 9.17) is 20.9 Å². The molecular weight excluding hydrogens is 456 g/mol. The Morgan fingerprint density at radius 3 is 2.67 bits per heavy atom. The number of aromatic nitrogens is 2. The maximum Gasteiger partial charge on any atom is 0.328 e. The lowest BCUT2D eigenvalue weighted by Gasteiger charge is -2.60. The van der Waals surface area contributed by atoms with E-state index in [1.54, 1.807) is 24.8 Å². The summed E-state index contributed by atoms with van der Waals surface area (Å²) >= 11 is 7.17. The average molecular weight is 477 g/mol. The number of nitrogens with zero attached hydrogens (tertiary/aromatic N) is 3. The van der Waals surface area contributed by atoms with E-state index >= 15 is 0 Å². The van der Waals surface area contributed by atoms with Crippen LogP contribution in [-0.4, -0.2) is 64.2 Å². The number of hydrogen-bond donors (Lipinski definition) is 3. The molecule has 2 aromatic heterocycles. The van der Waals surface area contributed by atoms with Crippen molar-refractivity contribution in [2.45, 2.75) is 44.4 Å². The third-order valence-corrected chi connectivity index (χ3v) is 7.25. The summed E-state index contributed by atoms with van der Waals surface area (Å²) in [7, 11) is 0. The van der Waals surface area contributed by atoms with Gasteiger partial charge in [-0.05, 0) is 20.8 Å². The summed E-state index contributed by atoms with van der Waals surface area (Å²) in [6, 6.07) is 0.721. The molecule has 3 aliphatic rings. The molecule has 2 fully saturated rings. The van der Waals surface area contributed by atoms with E-state index < -0.39 is 40.3 Å². The zero-order valence-corrected chi connectivity index (χ0v) is 18.8. The first kappa shape index (κ1) is 21.6. The first-order chi connectivity index (χ1) is 15.6. The molecule has 0 bridgehead atoms. The van der Waals surface area contributed by atoms with Crippen LogP contribution in [0, 0.1) is 5.41 Å². The predicted molar refractivity (Wildman–Crippen MR) is 114 cm³/mol. The van der Waals surface area contributed by atoms with Gasteiger partial charge in [-0.1, -0.05) is 16.8 Å². The lowest BCUT2D eigenvalue weighted by Crippen LogP contribution is -2.80. The van der Waals surface area contributed by atoms with Crippen LogP contribution >= 0.6 is 11.6 Å². The highest BCUT2D eigenvalue weighted by Gasteiger charge is 2.72. The number of alkyl halides is 1. The Morgan fingerprint density at radius 2 is 2.00 bits per heavy atom. The highest BCUT2D eigenvalue weighted by Crippen LogP contribution is 2.55. The number of barbiturate groups is 1. The quantitative estimate of drug-likeness (QED) is 0.317. The van der Waals surface area contributed by atoms with Crippen LogP contribution in [0.4, 0.5) is 10.5 Å². The minimum atomic E-state index is -1.93. The maximum absolute atomic E-state index is 13.3. The minimum absolute atomic E-state index is 0.0113. The van der Waals surface area contributed by atoms with E-state index in [2.05, 4.69) is 26.1 Å². The summed E-state index contributed by atoms with van der Waals surface area (Å²) in [4.78, 5) is 55.4. The van der Waals surface area contributed by atoms with Crippen molar-refractivity contribution < 1.29 is 28.4 Å². The number of ether oxygens (including phenoxy) is 1. The standard InChI is InChI=1S/C20H21ClN6O6/c1-4-22-15(28)14-13-12(33-26-14)5-11-10(23-13)6-19(16(29)24-18(31)25-17(19)30)20(21)9(3)32-8(2)7-27(11)20/h5,8-9H,4,6-7H2,1-3H3,(H,22,28)(H2,24,25,29,30,31)/t8-,9+,20+/m1/s1. The van der Waals surface area contributed by atoms with Gasteiger partial charge in [-0.25, -0.2) is 9.78 Å². The van der Waals surface area contributed by atoms with Crippen molar-refractivity contribution >= 4 is 52.1 Å². The molecule has 13 heteroatoms. The van der Waals surface area contributed by atoms with E-state index in [1.165, 1.54) is 0 Å². The number of carbonyl (C=O) groups excluding carboxylic acids is 4. The Kier molecular flexibility index (Phi) is 4.66. The maximum atomic E-state index is 13.3. The number of rotatable bonds is 2. The van der Waals surface area contributed by atoms with Crippen LogP contribution in [0.5, 0.6) is 0 Å². The molecule has 12 nitrogen and oxygen atoms in total. The van der Waals surface area contributed by atoms with Gasteiger partial charge in [0, 0.05) is 25.6 Å². The Balaban J connectivity index is 1.75. The van der Waals surface area contributed by atoms with Gasteiger partial charge in [0.15, 0.2) is 21.7 Å². The van der Waals surface area contributed by atoms with Gasteiger partial charge in [0.1, 0.15) is 5.52 Å². The van der Waals surface area contributed by atoms with Crippen LogP contribution in [0.2, 0.25) is 0 Å². The zero-order valence-electron chi connectivity index (χ0n) is 18.0. The summed E-state index contributed by atoms with van der Waals surface area (Å²) < 4.78 is 11.3. The van der Waals surface area contributed by atoms with E-state index in [-0.39, 0.29) is 35.9 Å². The third kappa shape index (κ3) is 2.73. The number of morpholine rings is 1. The lowest BCUT2D eigenvalue weighted by molar-refractivity contribution is -0.157. The van der Waals surface area contributed by atoms with Gasteiger partial charge in [-0.2, -0.15) is 0 Å². The number of hydrogen-bond acceptors (Lipinski definition) is 9. The molecule has 5 rings (SSSR count). The van der Waals surface area contributed by atoms with Gasteiger partial charge in [0.05, 0.1) is 23.6 Å². The lowest BCUT2D eigenvalue weighted by atomic mass is 9.67. The summed E-state index contributed by atoms with van der Waals surface area (Å²) in [5, 5.41) is 10.8. The third-order valence-electron chi connectivity index (χ3n) is 6.41. The molecule has 0 saturated carbocycles. The van der Waals surface area contributed by atoms with Crippen LogP contribution in [0.3, 0.4) is 0 Å². The van der Waals surface area contributed by atoms with E-state index in [9.17, 15) is 19.2 Å². The van der Waals surface area contributed by atoms with E-state index in [0.29, 0.717) is 17.9 Å². The Bertz CT molecular complexity index is 1210. The first-order valence-electron chi connectivity index (χ1n) is 10.5. The van der Waals surface area contributed by atoms with Crippen molar-refractivity contribution in [2.24, 2.45) is 5.41 Å². The van der Waals surface area contributed by atoms with Crippen LogP contribution < -0.4 is 20.9 Å². The van der Waals surface area contributed by atoms with Crippen LogP contribution in [0.1, 0.15) is 37.0 Å². The zero-order chi connectivity index (χ0) is 23.7. The smallest absolute Gasteiger partial charge is 0.328 e. The fourth-order valence-electron chi connectivity index (χ4n) is 5.01. The number of carbonyl (C=O) groups is 4. The largest absolute Gasteiger partial charge is 0.370 e. The number of nitrogens with one attached hydrogen (secondary N) is 3. The summed E-state index contributed by atoms with van der Waals surface area (Å²) in [5.41, 5.74) is -0.625. The summed E-state index contributed by atoms with van der Waals surface area (Å²) in [6.07, 6.45) is -1.30. The Morgan fingerprint density at radius 1 is 1.30 bits per heavy atom. The molecule has 0 unspecified atom stereocenters. The SMILES string of the molecule is CCNC(=O)c1noc2cc3c(nc12)CC1(C(=O)NC(=O)NC1=O)[C@]1(Cl)[C@H](C)O[C@H](C)CN31. The molecule has 2 saturated heterocycles. The minimum Gasteiger partial charge on any atom is -0.370 e. The highest BCUT2D eigenvalue weighted by atomic mass is 35.5. The molecule has 0 aromatic carbocycles. The number of amides is 5. The molecule has 3 aliphatic heterocycles. The summed E-state index contributed by atoms with van der Waals surface area (Å²) in [6.45, 7) is 5.90. The molecule has 2 aromatic rings. The van der Waals surface area contributed by atoms with Crippen molar-refractivity contribution in [1.29, 1.82) is 0 Å². The number of pyridine rings is 1. The number of fused-ring (bicyclic) bond motifs is 5. The molecule has 33 heavy (non-hydrogen) atoms. The van der Waals surface area contributed by atoms with Crippen molar-refractivity contribution in [3.05, 3.63) is 17.5 Å². The highest BCUT2D eigenvalue weighted by molar-refractivity contribution is 6.34. The number of halogens is 1. The second-order valence-corrected chi connectivity index (χ2v) is 8.96. The molecule has 1 spiro atoms. The molecule has 5 amide bonds. The second-order valence-electron chi connectivity index (χ2n) is 8.38. The Hall–Kier alpha value is -3.25. The van der Waals surface area contributed by atoms with Crippen LogP contribution in [0.25, 0.3) is 11.1 Å². The molecule has 5 heterocycles. The van der Waals surface area contributed by atoms with Gasteiger partial charge in [-0.3, -0.25) is 25.0 Å². The van der Waals surface area contributed by atoms with Crippen molar-refractivity contribution in [3.63, 3.8) is 0 Å². The van der Waals surface area contributed by atoms with Crippen molar-refractivity contribution in [3.8, 4) is 0 Å². The molecule has 3 atom stereocenters. The predicted octanol–water partition coefficient (Wildman–Crippen LogP) is 0.430. The fourth-order valence-corrected chi connectivity index (χ4v) is 5.46. The van der Waals surface area contributed by atoms with Crippen molar-refractivity contribution in [1.82, 2.24) is 26.1 Å². The van der Waals surface area contributed by atoms with Gasteiger partial charge in [-0.15, -0.1) is 0 Å². The van der Waals surface area contributed by atoms with Gasteiger partial charge in [0.2, 0.25) is 11.8 Å². The van der Waals surface area contributed by atoms with Gasteiger partial charge in [0.25, 0.3) is 5.91 Å². The average Bonchev–Trinajstić information content (AvgIpc) is 3.15. The van der Waals surface area contributed by atoms with E-state index in [0.717, 1.165) is 0 Å². The van der Waals surface area contributed by atoms with Crippen molar-refractivity contribution in [2.75, 3.05) is 18.0 Å². The first-order valence-corrected chi connectivity index (χ1v) is 10.9. The molecule has 174 valence electrons. The molecular formula is C20H21ClN6O6. The number of urea groups is 1.